The van der Waals surface area contributed by atoms with Crippen LogP contribution >= 0.6 is 34.0 Å². The molecule has 0 fully saturated rings. The summed E-state index contributed by atoms with van der Waals surface area (Å²) in [7, 11) is 0. The molecule has 3 aromatic rings. The summed E-state index contributed by atoms with van der Waals surface area (Å²) in [4.78, 5) is 1.27. The quantitative estimate of drug-likeness (QED) is 0.553. The predicted octanol–water partition coefficient (Wildman–Crippen LogP) is 4.82. The summed E-state index contributed by atoms with van der Waals surface area (Å²) in [6, 6.07) is 4.44. The molecule has 0 aromatic carbocycles. The molecule has 0 N–H and O–H groups in total. The lowest BCUT2D eigenvalue weighted by molar-refractivity contribution is 2.06. The van der Waals surface area contributed by atoms with E-state index in [9.17, 15) is 0 Å². The first-order chi connectivity index (χ1) is 6.38. The first kappa shape index (κ1) is 7.74. The number of rotatable bonds is 1. The largest absolute Gasteiger partial charge is 0.133 e. The lowest BCUT2D eigenvalue weighted by Crippen LogP contribution is -1.52. The van der Waals surface area contributed by atoms with Gasteiger partial charge >= 0.3 is 0 Å². The average Bonchev–Trinajstić information content (AvgIpc) is 2.72. The van der Waals surface area contributed by atoms with Crippen molar-refractivity contribution in [1.82, 2.24) is 0 Å². The molecular formula is C10H6S3. The molecule has 0 aliphatic rings. The highest BCUT2D eigenvalue weighted by Crippen LogP contribution is 2.41. The number of hydrogen-bond acceptors (Lipinski definition) is 3. The number of fused-ring (bicyclic) bond motifs is 3. The summed E-state index contributed by atoms with van der Waals surface area (Å²) in [5, 5.41) is 4.97. The van der Waals surface area contributed by atoms with Crippen LogP contribution in [-0.2, 0) is 0 Å². The molecule has 0 amide bonds. The van der Waals surface area contributed by atoms with Crippen LogP contribution in [0.4, 0.5) is 0 Å². The summed E-state index contributed by atoms with van der Waals surface area (Å²) in [6.07, 6.45) is 1.93. The molecule has 64 valence electrons. The lowest BCUT2D eigenvalue weighted by Gasteiger charge is -1.77. The van der Waals surface area contributed by atoms with E-state index in [0.717, 1.165) is 0 Å². The summed E-state index contributed by atoms with van der Waals surface area (Å²) >= 11 is 5.56. The lowest BCUT2D eigenvalue weighted by atomic mass is 10.3. The zero-order valence-corrected chi connectivity index (χ0v) is 9.19. The molecule has 3 rings (SSSR count). The van der Waals surface area contributed by atoms with Crippen molar-refractivity contribution < 1.29 is 0 Å². The predicted molar refractivity (Wildman–Crippen MR) is 65.2 cm³/mol. The molecule has 0 aliphatic heterocycles. The van der Waals surface area contributed by atoms with Gasteiger partial charge in [0.2, 0.25) is 0 Å². The smallest absolute Gasteiger partial charge is 0.0892 e. The molecule has 3 heteroatoms. The Morgan fingerprint density at radius 1 is 1.15 bits per heavy atom. The fraction of sp³-hybridized carbons (Fsp3) is 0. The summed E-state index contributed by atoms with van der Waals surface area (Å²) < 4.78 is 2.87. The van der Waals surface area contributed by atoms with Gasteiger partial charge in [0.25, 0.3) is 0 Å². The molecule has 0 atom stereocenters. The maximum atomic E-state index is 3.79. The Morgan fingerprint density at radius 3 is 2.92 bits per heavy atom. The van der Waals surface area contributed by atoms with Gasteiger partial charge in [-0.15, -0.1) is 34.0 Å². The Kier molecular flexibility index (Phi) is 1.59. The molecule has 0 aliphatic carbocycles. The van der Waals surface area contributed by atoms with Crippen LogP contribution in [0, 0.1) is 0 Å². The highest BCUT2D eigenvalue weighted by atomic mass is 32.2. The third-order valence-electron chi connectivity index (χ3n) is 2.02. The van der Waals surface area contributed by atoms with Crippen LogP contribution in [0.25, 0.3) is 24.9 Å². The third kappa shape index (κ3) is 1.01. The minimum Gasteiger partial charge on any atom is -0.133 e. The van der Waals surface area contributed by atoms with Crippen molar-refractivity contribution in [3.8, 4) is 0 Å². The summed E-state index contributed by atoms with van der Waals surface area (Å²) in [6.45, 7) is 3.79. The van der Waals surface area contributed by atoms with Crippen molar-refractivity contribution in [2.45, 2.75) is 0 Å². The van der Waals surface area contributed by atoms with E-state index in [0.29, 0.717) is 0 Å². The Balaban J connectivity index is 2.52. The fourth-order valence-corrected chi connectivity index (χ4v) is 5.01. The second-order valence-corrected chi connectivity index (χ2v) is 6.32. The highest BCUT2D eigenvalue weighted by Gasteiger charge is 2.08. The minimum absolute atomic E-state index is 1.27. The summed E-state index contributed by atoms with van der Waals surface area (Å²) in [5.74, 6) is 0. The van der Waals surface area contributed by atoms with Gasteiger partial charge < -0.3 is 0 Å². The second-order valence-electron chi connectivity index (χ2n) is 2.78. The van der Waals surface area contributed by atoms with Gasteiger partial charge in [-0.2, -0.15) is 0 Å². The average molecular weight is 222 g/mol. The molecule has 0 bridgehead atoms. The van der Waals surface area contributed by atoms with Gasteiger partial charge in [-0.3, -0.25) is 0 Å². The van der Waals surface area contributed by atoms with Crippen LogP contribution in [-0.4, -0.2) is 0 Å². The fourth-order valence-electron chi connectivity index (χ4n) is 1.42. The molecule has 0 unspecified atom stereocenters. The van der Waals surface area contributed by atoms with Crippen LogP contribution in [0.1, 0.15) is 4.88 Å². The van der Waals surface area contributed by atoms with Gasteiger partial charge in [-0.1, -0.05) is 12.7 Å². The monoisotopic (exact) mass is 222 g/mol. The van der Waals surface area contributed by atoms with Crippen LogP contribution < -0.4 is 0 Å². The zero-order chi connectivity index (χ0) is 8.84. The Hall–Kier alpha value is -0.640. The van der Waals surface area contributed by atoms with Crippen molar-refractivity contribution in [2.75, 3.05) is 0 Å². The molecule has 0 saturated carbocycles. The van der Waals surface area contributed by atoms with Gasteiger partial charge in [0.1, 0.15) is 0 Å². The van der Waals surface area contributed by atoms with Gasteiger partial charge in [0.15, 0.2) is 0 Å². The first-order valence-corrected chi connectivity index (χ1v) is 6.42. The van der Waals surface area contributed by atoms with Crippen molar-refractivity contribution in [2.24, 2.45) is 0 Å². The molecule has 0 spiro atoms. The van der Waals surface area contributed by atoms with E-state index in [1.807, 2.05) is 40.1 Å². The van der Waals surface area contributed by atoms with E-state index in [4.69, 9.17) is 0 Å². The van der Waals surface area contributed by atoms with Crippen LogP contribution in [0.15, 0.2) is 24.1 Å². The number of thiophene rings is 3. The molecule has 0 nitrogen and oxygen atoms in total. The van der Waals surface area contributed by atoms with Crippen molar-refractivity contribution in [3.63, 3.8) is 0 Å². The van der Waals surface area contributed by atoms with E-state index in [2.05, 4.69) is 24.1 Å². The standard InChI is InChI=1S/C10H6S3/c1-2-6-5-8-7-3-4-11-9(7)13-10(8)12-6/h2-5H,1H2. The van der Waals surface area contributed by atoms with E-state index in [1.165, 1.54) is 23.7 Å². The van der Waals surface area contributed by atoms with Crippen LogP contribution in [0.5, 0.6) is 0 Å². The van der Waals surface area contributed by atoms with E-state index >= 15 is 0 Å². The Bertz CT molecular complexity index is 579. The summed E-state index contributed by atoms with van der Waals surface area (Å²) in [5.41, 5.74) is 0. The maximum absolute atomic E-state index is 3.79. The van der Waals surface area contributed by atoms with Crippen LogP contribution in [0.2, 0.25) is 0 Å². The normalized spacial score (nSPS) is 11.4. The molecule has 13 heavy (non-hydrogen) atoms. The third-order valence-corrected chi connectivity index (χ3v) is 5.50. The van der Waals surface area contributed by atoms with E-state index in [1.54, 1.807) is 0 Å². The van der Waals surface area contributed by atoms with E-state index in [-0.39, 0.29) is 0 Å². The second kappa shape index (κ2) is 2.67. The maximum Gasteiger partial charge on any atom is 0.0892 e. The Morgan fingerprint density at radius 2 is 2.08 bits per heavy atom. The van der Waals surface area contributed by atoms with Gasteiger partial charge in [-0.25, -0.2) is 0 Å². The topological polar surface area (TPSA) is 0 Å². The van der Waals surface area contributed by atoms with Crippen molar-refractivity contribution >= 4 is 58.9 Å². The van der Waals surface area contributed by atoms with Crippen molar-refractivity contribution in [3.05, 3.63) is 29.0 Å². The highest BCUT2D eigenvalue weighted by molar-refractivity contribution is 7.48. The first-order valence-electron chi connectivity index (χ1n) is 3.90. The van der Waals surface area contributed by atoms with Gasteiger partial charge in [0, 0.05) is 15.6 Å². The molecule has 3 heterocycles. The van der Waals surface area contributed by atoms with Crippen molar-refractivity contribution in [1.29, 1.82) is 0 Å². The SMILES string of the molecule is C=Cc1cc2c(s1)sc1sccc12. The number of hydrogen-bond donors (Lipinski definition) is 0. The zero-order valence-electron chi connectivity index (χ0n) is 6.74. The molecule has 3 aromatic heterocycles. The minimum atomic E-state index is 1.27. The van der Waals surface area contributed by atoms with Gasteiger partial charge in [0.05, 0.1) is 8.03 Å². The molecule has 0 saturated heterocycles. The molecular weight excluding hydrogens is 216 g/mol. The van der Waals surface area contributed by atoms with Crippen LogP contribution in [0.3, 0.4) is 0 Å². The van der Waals surface area contributed by atoms with E-state index < -0.39 is 0 Å². The van der Waals surface area contributed by atoms with Gasteiger partial charge in [-0.05, 0) is 17.5 Å². The molecule has 0 radical (unpaired) electrons. The Labute approximate surface area is 87.8 Å².